The summed E-state index contributed by atoms with van der Waals surface area (Å²) < 4.78 is 9.40. The Hall–Kier alpha value is -1.85. The number of nitrogens with zero attached hydrogens (tertiary/aromatic N) is 1. The maximum absolute atomic E-state index is 12.0. The van der Waals surface area contributed by atoms with E-state index in [1.807, 2.05) is 0 Å². The molecule has 1 fully saturated rings. The first-order valence-corrected chi connectivity index (χ1v) is 6.16. The van der Waals surface area contributed by atoms with Crippen molar-refractivity contribution in [3.05, 3.63) is 12.7 Å². The highest BCUT2D eigenvalue weighted by Gasteiger charge is 2.39. The Bertz CT molecular complexity index is 379. The standard InChI is InChI=1S/C13H19NO5/c1-4-5-10-6-7-11(8-19-9(2)15)14(10)12(16)13(17)18-3/h4,10-11H,1,5-8H2,2-3H3. The first-order chi connectivity index (χ1) is 9.01. The first-order valence-electron chi connectivity index (χ1n) is 6.16. The number of carbonyl (C=O) groups excluding carboxylic acids is 3. The van der Waals surface area contributed by atoms with Crippen molar-refractivity contribution in [1.82, 2.24) is 4.90 Å². The maximum Gasteiger partial charge on any atom is 0.396 e. The lowest BCUT2D eigenvalue weighted by Crippen LogP contribution is -2.47. The van der Waals surface area contributed by atoms with Gasteiger partial charge < -0.3 is 14.4 Å². The molecule has 6 nitrogen and oxygen atoms in total. The number of hydrogen-bond acceptors (Lipinski definition) is 5. The van der Waals surface area contributed by atoms with Gasteiger partial charge in [-0.3, -0.25) is 9.59 Å². The third-order valence-electron chi connectivity index (χ3n) is 3.13. The Morgan fingerprint density at radius 1 is 1.32 bits per heavy atom. The van der Waals surface area contributed by atoms with Crippen LogP contribution in [0.1, 0.15) is 26.2 Å². The maximum atomic E-state index is 12.0. The number of carbonyl (C=O) groups is 3. The van der Waals surface area contributed by atoms with E-state index in [9.17, 15) is 14.4 Å². The van der Waals surface area contributed by atoms with E-state index in [2.05, 4.69) is 11.3 Å². The quantitative estimate of drug-likeness (QED) is 0.426. The topological polar surface area (TPSA) is 72.9 Å². The monoisotopic (exact) mass is 269 g/mol. The fourth-order valence-electron chi connectivity index (χ4n) is 2.29. The number of esters is 2. The van der Waals surface area contributed by atoms with E-state index in [-0.39, 0.29) is 18.7 Å². The average molecular weight is 269 g/mol. The summed E-state index contributed by atoms with van der Waals surface area (Å²) in [5, 5.41) is 0. The summed E-state index contributed by atoms with van der Waals surface area (Å²) in [5.41, 5.74) is 0. The van der Waals surface area contributed by atoms with E-state index in [0.29, 0.717) is 12.8 Å². The van der Waals surface area contributed by atoms with Crippen LogP contribution in [0.25, 0.3) is 0 Å². The van der Waals surface area contributed by atoms with Crippen LogP contribution in [-0.4, -0.2) is 48.5 Å². The van der Waals surface area contributed by atoms with Crippen LogP contribution in [0.2, 0.25) is 0 Å². The number of methoxy groups -OCH3 is 1. The number of rotatable bonds is 4. The molecule has 0 aromatic rings. The molecule has 0 radical (unpaired) electrons. The molecule has 1 aliphatic heterocycles. The molecule has 2 unspecified atom stereocenters. The zero-order chi connectivity index (χ0) is 14.4. The van der Waals surface area contributed by atoms with Crippen LogP contribution >= 0.6 is 0 Å². The molecule has 2 atom stereocenters. The van der Waals surface area contributed by atoms with Gasteiger partial charge in [0.15, 0.2) is 0 Å². The largest absolute Gasteiger partial charge is 0.464 e. The van der Waals surface area contributed by atoms with Crippen LogP contribution in [0.3, 0.4) is 0 Å². The van der Waals surface area contributed by atoms with E-state index in [1.165, 1.54) is 18.9 Å². The molecular weight excluding hydrogens is 250 g/mol. The Kier molecular flexibility index (Phi) is 5.54. The minimum Gasteiger partial charge on any atom is -0.464 e. The second kappa shape index (κ2) is 6.92. The van der Waals surface area contributed by atoms with Gasteiger partial charge in [0.1, 0.15) is 6.61 Å². The van der Waals surface area contributed by atoms with Gasteiger partial charge in [-0.1, -0.05) is 6.08 Å². The van der Waals surface area contributed by atoms with Gasteiger partial charge in [0.25, 0.3) is 0 Å². The molecule has 1 amide bonds. The van der Waals surface area contributed by atoms with Crippen molar-refractivity contribution in [1.29, 1.82) is 0 Å². The fourth-order valence-corrected chi connectivity index (χ4v) is 2.29. The van der Waals surface area contributed by atoms with Gasteiger partial charge in [0.05, 0.1) is 13.2 Å². The highest BCUT2D eigenvalue weighted by Crippen LogP contribution is 2.27. The van der Waals surface area contributed by atoms with Crippen molar-refractivity contribution < 1.29 is 23.9 Å². The summed E-state index contributed by atoms with van der Waals surface area (Å²) in [7, 11) is 1.17. The second-order valence-electron chi connectivity index (χ2n) is 4.42. The van der Waals surface area contributed by atoms with Gasteiger partial charge in [-0.2, -0.15) is 0 Å². The normalized spacial score (nSPS) is 21.9. The van der Waals surface area contributed by atoms with Gasteiger partial charge >= 0.3 is 17.8 Å². The molecule has 106 valence electrons. The summed E-state index contributed by atoms with van der Waals surface area (Å²) in [4.78, 5) is 35.7. The fraction of sp³-hybridized carbons (Fsp3) is 0.615. The molecule has 0 aromatic carbocycles. The smallest absolute Gasteiger partial charge is 0.396 e. The third kappa shape index (κ3) is 3.81. The molecule has 1 rings (SSSR count). The van der Waals surface area contributed by atoms with Crippen LogP contribution in [-0.2, 0) is 23.9 Å². The Balaban J connectivity index is 2.79. The summed E-state index contributed by atoms with van der Waals surface area (Å²) in [5.74, 6) is -1.99. The van der Waals surface area contributed by atoms with Gasteiger partial charge in [0.2, 0.25) is 0 Å². The zero-order valence-corrected chi connectivity index (χ0v) is 11.3. The zero-order valence-electron chi connectivity index (χ0n) is 11.3. The van der Waals surface area contributed by atoms with Gasteiger partial charge in [-0.05, 0) is 19.3 Å². The van der Waals surface area contributed by atoms with Crippen LogP contribution in [0.15, 0.2) is 12.7 Å². The van der Waals surface area contributed by atoms with E-state index < -0.39 is 17.8 Å². The lowest BCUT2D eigenvalue weighted by atomic mass is 10.1. The molecule has 0 spiro atoms. The predicted molar refractivity (Wildman–Crippen MR) is 67.1 cm³/mol. The SMILES string of the molecule is C=CCC1CCC(COC(C)=O)N1C(=O)C(=O)OC. The second-order valence-corrected chi connectivity index (χ2v) is 4.42. The van der Waals surface area contributed by atoms with Crippen molar-refractivity contribution in [2.24, 2.45) is 0 Å². The molecule has 6 heteroatoms. The average Bonchev–Trinajstić information content (AvgIpc) is 2.78. The number of ether oxygens (including phenoxy) is 2. The molecule has 0 bridgehead atoms. The summed E-state index contributed by atoms with van der Waals surface area (Å²) in [6.07, 6.45) is 3.74. The number of amides is 1. The minimum absolute atomic E-state index is 0.0929. The molecule has 0 aromatic heterocycles. The Morgan fingerprint density at radius 2 is 1.95 bits per heavy atom. The first kappa shape index (κ1) is 15.2. The highest BCUT2D eigenvalue weighted by molar-refractivity contribution is 6.32. The van der Waals surface area contributed by atoms with Gasteiger partial charge in [-0.25, -0.2) is 4.79 Å². The lowest BCUT2D eigenvalue weighted by molar-refractivity contribution is -0.161. The minimum atomic E-state index is -0.899. The molecule has 0 N–H and O–H groups in total. The van der Waals surface area contributed by atoms with E-state index in [1.54, 1.807) is 6.08 Å². The Morgan fingerprint density at radius 3 is 2.47 bits per heavy atom. The molecule has 0 saturated carbocycles. The molecule has 1 heterocycles. The van der Waals surface area contributed by atoms with Crippen molar-refractivity contribution in [2.45, 2.75) is 38.3 Å². The van der Waals surface area contributed by atoms with Crippen LogP contribution in [0.5, 0.6) is 0 Å². The molecule has 1 aliphatic rings. The van der Waals surface area contributed by atoms with Crippen molar-refractivity contribution in [2.75, 3.05) is 13.7 Å². The number of hydrogen-bond donors (Lipinski definition) is 0. The molecule has 1 saturated heterocycles. The molecule has 0 aliphatic carbocycles. The molecular formula is C13H19NO5. The summed E-state index contributed by atoms with van der Waals surface area (Å²) in [6, 6.07) is -0.370. The third-order valence-corrected chi connectivity index (χ3v) is 3.13. The van der Waals surface area contributed by atoms with Crippen molar-refractivity contribution in [3.8, 4) is 0 Å². The van der Waals surface area contributed by atoms with Gasteiger partial charge in [-0.15, -0.1) is 6.58 Å². The summed E-state index contributed by atoms with van der Waals surface area (Å²) >= 11 is 0. The van der Waals surface area contributed by atoms with E-state index in [4.69, 9.17) is 4.74 Å². The lowest BCUT2D eigenvalue weighted by Gasteiger charge is -2.28. The van der Waals surface area contributed by atoms with E-state index in [0.717, 1.165) is 6.42 Å². The van der Waals surface area contributed by atoms with Crippen LogP contribution in [0, 0.1) is 0 Å². The van der Waals surface area contributed by atoms with E-state index >= 15 is 0 Å². The summed E-state index contributed by atoms with van der Waals surface area (Å²) in [6.45, 7) is 5.05. The van der Waals surface area contributed by atoms with Crippen molar-refractivity contribution in [3.63, 3.8) is 0 Å². The van der Waals surface area contributed by atoms with Crippen LogP contribution in [0.4, 0.5) is 0 Å². The van der Waals surface area contributed by atoms with Gasteiger partial charge in [0, 0.05) is 13.0 Å². The highest BCUT2D eigenvalue weighted by atomic mass is 16.5. The number of likely N-dealkylation sites (tertiary alicyclic amines) is 1. The predicted octanol–water partition coefficient (Wildman–Crippen LogP) is 0.658. The van der Waals surface area contributed by atoms with Crippen molar-refractivity contribution >= 4 is 17.8 Å². The molecule has 19 heavy (non-hydrogen) atoms. The Labute approximate surface area is 112 Å². The van der Waals surface area contributed by atoms with Crippen LogP contribution < -0.4 is 0 Å².